The first-order valence-electron chi connectivity index (χ1n) is 5.16. The maximum absolute atomic E-state index is 11.1. The van der Waals surface area contributed by atoms with Crippen molar-refractivity contribution in [3.8, 4) is 0 Å². The van der Waals surface area contributed by atoms with E-state index in [9.17, 15) is 4.79 Å². The molecule has 0 amide bonds. The molecule has 2 aliphatic rings. The summed E-state index contributed by atoms with van der Waals surface area (Å²) in [6.45, 7) is 2.10. The maximum Gasteiger partial charge on any atom is 0.306 e. The number of ether oxygens (including phenoxy) is 1. The summed E-state index contributed by atoms with van der Waals surface area (Å²) in [5, 5.41) is 0. The van der Waals surface area contributed by atoms with E-state index in [-0.39, 0.29) is 12.1 Å². The van der Waals surface area contributed by atoms with Gasteiger partial charge in [-0.3, -0.25) is 4.79 Å². The van der Waals surface area contributed by atoms with E-state index in [1.54, 1.807) is 0 Å². The van der Waals surface area contributed by atoms with Crippen molar-refractivity contribution in [3.63, 3.8) is 0 Å². The van der Waals surface area contributed by atoms with E-state index in [1.165, 1.54) is 18.4 Å². The molecule has 1 fully saturated rings. The Kier molecular flexibility index (Phi) is 2.38. The van der Waals surface area contributed by atoms with Gasteiger partial charge in [-0.15, -0.1) is 0 Å². The summed E-state index contributed by atoms with van der Waals surface area (Å²) in [7, 11) is 0. The lowest BCUT2D eigenvalue weighted by atomic mass is 9.89. The molecule has 0 aromatic carbocycles. The van der Waals surface area contributed by atoms with Crippen LogP contribution >= 0.6 is 0 Å². The van der Waals surface area contributed by atoms with E-state index >= 15 is 0 Å². The number of hydrogen-bond donors (Lipinski definition) is 0. The molecule has 1 saturated heterocycles. The summed E-state index contributed by atoms with van der Waals surface area (Å²) in [4.78, 5) is 11.1. The van der Waals surface area contributed by atoms with E-state index in [2.05, 4.69) is 13.0 Å². The molecule has 0 aromatic rings. The molecule has 1 heterocycles. The summed E-state index contributed by atoms with van der Waals surface area (Å²) in [6, 6.07) is 0. The molecular weight excluding hydrogens is 164 g/mol. The van der Waals surface area contributed by atoms with Crippen molar-refractivity contribution in [1.82, 2.24) is 0 Å². The highest BCUT2D eigenvalue weighted by molar-refractivity contribution is 5.72. The minimum absolute atomic E-state index is 0.0241. The first-order valence-corrected chi connectivity index (χ1v) is 5.16. The largest absolute Gasteiger partial charge is 0.458 e. The van der Waals surface area contributed by atoms with Gasteiger partial charge in [0.15, 0.2) is 0 Å². The van der Waals surface area contributed by atoms with Gasteiger partial charge in [0.1, 0.15) is 6.10 Å². The third kappa shape index (κ3) is 1.77. The van der Waals surface area contributed by atoms with Crippen molar-refractivity contribution in [2.45, 2.75) is 45.1 Å². The molecule has 0 aromatic heterocycles. The second-order valence-corrected chi connectivity index (χ2v) is 4.12. The number of carbonyl (C=O) groups is 1. The molecule has 13 heavy (non-hydrogen) atoms. The average molecular weight is 180 g/mol. The molecule has 0 bridgehead atoms. The topological polar surface area (TPSA) is 26.3 Å². The number of carbonyl (C=O) groups excluding carboxylic acids is 1. The SMILES string of the molecule is C[C@H]1CC(=O)OC1C1=CCCCC1. The minimum Gasteiger partial charge on any atom is -0.458 e. The van der Waals surface area contributed by atoms with Crippen LogP contribution in [0.25, 0.3) is 0 Å². The van der Waals surface area contributed by atoms with Gasteiger partial charge >= 0.3 is 5.97 Å². The van der Waals surface area contributed by atoms with Gasteiger partial charge in [0, 0.05) is 5.92 Å². The van der Waals surface area contributed by atoms with Crippen molar-refractivity contribution in [2.24, 2.45) is 5.92 Å². The average Bonchev–Trinajstić information content (AvgIpc) is 2.47. The zero-order chi connectivity index (χ0) is 9.26. The summed E-state index contributed by atoms with van der Waals surface area (Å²) >= 11 is 0. The predicted molar refractivity (Wildman–Crippen MR) is 50.2 cm³/mol. The number of allylic oxidation sites excluding steroid dienone is 1. The number of hydrogen-bond acceptors (Lipinski definition) is 2. The first-order chi connectivity index (χ1) is 6.27. The Morgan fingerprint density at radius 1 is 1.46 bits per heavy atom. The predicted octanol–water partition coefficient (Wildman–Crippen LogP) is 2.44. The third-order valence-corrected chi connectivity index (χ3v) is 2.96. The van der Waals surface area contributed by atoms with Crippen LogP contribution in [0.4, 0.5) is 0 Å². The number of rotatable bonds is 1. The standard InChI is InChI=1S/C11H16O2/c1-8-7-10(12)13-11(8)9-5-3-2-4-6-9/h5,8,11H,2-4,6-7H2,1H3/t8-,11?/m0/s1. The fourth-order valence-electron chi connectivity index (χ4n) is 2.24. The molecular formula is C11H16O2. The Morgan fingerprint density at radius 3 is 2.85 bits per heavy atom. The highest BCUT2D eigenvalue weighted by Gasteiger charge is 2.33. The zero-order valence-electron chi connectivity index (χ0n) is 8.08. The quantitative estimate of drug-likeness (QED) is 0.457. The van der Waals surface area contributed by atoms with Crippen LogP contribution in [0.1, 0.15) is 39.0 Å². The molecule has 1 unspecified atom stereocenters. The van der Waals surface area contributed by atoms with Crippen LogP contribution in [0.3, 0.4) is 0 Å². The lowest BCUT2D eigenvalue weighted by molar-refractivity contribution is -0.140. The molecule has 2 nitrogen and oxygen atoms in total. The van der Waals surface area contributed by atoms with Crippen molar-refractivity contribution in [3.05, 3.63) is 11.6 Å². The Labute approximate surface area is 79.0 Å². The van der Waals surface area contributed by atoms with Crippen molar-refractivity contribution >= 4 is 5.97 Å². The van der Waals surface area contributed by atoms with Crippen LogP contribution in [0, 0.1) is 5.92 Å². The monoisotopic (exact) mass is 180 g/mol. The second-order valence-electron chi connectivity index (χ2n) is 4.12. The lowest BCUT2D eigenvalue weighted by Crippen LogP contribution is -2.18. The van der Waals surface area contributed by atoms with Crippen LogP contribution in [0.15, 0.2) is 11.6 Å². The van der Waals surface area contributed by atoms with Gasteiger partial charge < -0.3 is 4.74 Å². The molecule has 0 saturated carbocycles. The summed E-state index contributed by atoms with van der Waals surface area (Å²) in [5.41, 5.74) is 1.37. The molecule has 72 valence electrons. The van der Waals surface area contributed by atoms with Crippen molar-refractivity contribution in [1.29, 1.82) is 0 Å². The van der Waals surface area contributed by atoms with Gasteiger partial charge in [-0.05, 0) is 31.3 Å². The van der Waals surface area contributed by atoms with Gasteiger partial charge in [0.25, 0.3) is 0 Å². The van der Waals surface area contributed by atoms with E-state index in [0.717, 1.165) is 12.8 Å². The third-order valence-electron chi connectivity index (χ3n) is 2.96. The maximum atomic E-state index is 11.1. The minimum atomic E-state index is -0.0241. The Morgan fingerprint density at radius 2 is 2.31 bits per heavy atom. The van der Waals surface area contributed by atoms with Crippen LogP contribution in [0.2, 0.25) is 0 Å². The van der Waals surface area contributed by atoms with E-state index in [1.807, 2.05) is 0 Å². The van der Waals surface area contributed by atoms with Gasteiger partial charge in [0.2, 0.25) is 0 Å². The first kappa shape index (κ1) is 8.79. The molecule has 1 aliphatic heterocycles. The Balaban J connectivity index is 2.07. The number of esters is 1. The van der Waals surface area contributed by atoms with Crippen LogP contribution in [0.5, 0.6) is 0 Å². The molecule has 0 spiro atoms. The molecule has 0 N–H and O–H groups in total. The van der Waals surface area contributed by atoms with Crippen LogP contribution < -0.4 is 0 Å². The van der Waals surface area contributed by atoms with Crippen molar-refractivity contribution in [2.75, 3.05) is 0 Å². The molecule has 1 aliphatic carbocycles. The second kappa shape index (κ2) is 3.52. The Hall–Kier alpha value is -0.790. The van der Waals surface area contributed by atoms with Crippen molar-refractivity contribution < 1.29 is 9.53 Å². The van der Waals surface area contributed by atoms with E-state index in [4.69, 9.17) is 4.74 Å². The van der Waals surface area contributed by atoms with Gasteiger partial charge in [-0.25, -0.2) is 0 Å². The molecule has 0 radical (unpaired) electrons. The fourth-order valence-corrected chi connectivity index (χ4v) is 2.24. The van der Waals surface area contributed by atoms with Gasteiger partial charge in [-0.1, -0.05) is 13.0 Å². The highest BCUT2D eigenvalue weighted by atomic mass is 16.5. The van der Waals surface area contributed by atoms with E-state index in [0.29, 0.717) is 12.3 Å². The highest BCUT2D eigenvalue weighted by Crippen LogP contribution is 2.32. The molecule has 2 rings (SSSR count). The summed E-state index contributed by atoms with van der Waals surface area (Å²) in [5.74, 6) is 0.362. The number of cyclic esters (lactones) is 1. The van der Waals surface area contributed by atoms with Crippen LogP contribution in [-0.4, -0.2) is 12.1 Å². The lowest BCUT2D eigenvalue weighted by Gasteiger charge is -2.20. The summed E-state index contributed by atoms with van der Waals surface area (Å²) in [6.07, 6.45) is 7.81. The Bertz CT molecular complexity index is 242. The fraction of sp³-hybridized carbons (Fsp3) is 0.727. The van der Waals surface area contributed by atoms with Gasteiger partial charge in [-0.2, -0.15) is 0 Å². The molecule has 2 heteroatoms. The molecule has 2 atom stereocenters. The van der Waals surface area contributed by atoms with Crippen LogP contribution in [-0.2, 0) is 9.53 Å². The normalized spacial score (nSPS) is 34.2. The summed E-state index contributed by atoms with van der Waals surface area (Å²) < 4.78 is 5.31. The zero-order valence-corrected chi connectivity index (χ0v) is 8.08. The van der Waals surface area contributed by atoms with Gasteiger partial charge in [0.05, 0.1) is 6.42 Å². The van der Waals surface area contributed by atoms with E-state index < -0.39 is 0 Å². The smallest absolute Gasteiger partial charge is 0.306 e.